The summed E-state index contributed by atoms with van der Waals surface area (Å²) in [6.07, 6.45) is 0. The third-order valence-electron chi connectivity index (χ3n) is 2.75. The molecule has 0 aliphatic carbocycles. The molecule has 0 radical (unpaired) electrons. The van der Waals surface area contributed by atoms with Crippen LogP contribution in [0.4, 0.5) is 0 Å². The van der Waals surface area contributed by atoms with Crippen LogP contribution in [0.15, 0.2) is 54.6 Å². The van der Waals surface area contributed by atoms with Gasteiger partial charge in [0.25, 0.3) is 0 Å². The van der Waals surface area contributed by atoms with Crippen molar-refractivity contribution in [1.82, 2.24) is 0 Å². The maximum Gasteiger partial charge on any atom is 0.177 e. The van der Waals surface area contributed by atoms with Crippen LogP contribution in [0.25, 0.3) is 0 Å². The minimum absolute atomic E-state index is 0.0300. The summed E-state index contributed by atoms with van der Waals surface area (Å²) in [7, 11) is 0. The molecular weight excluding hydrogens is 391 g/mol. The standard InChI is InChI=1S/C15H11Br2ClO/c16-13(10-4-2-1-3-5-10)14(17)15(19)11-6-8-12(18)9-7-11/h1-9,13-14H. The number of ketones is 1. The van der Waals surface area contributed by atoms with Crippen LogP contribution in [0.1, 0.15) is 20.7 Å². The maximum absolute atomic E-state index is 12.4. The monoisotopic (exact) mass is 400 g/mol. The lowest BCUT2D eigenvalue weighted by molar-refractivity contribution is 0.0991. The van der Waals surface area contributed by atoms with Crippen LogP contribution in [0.3, 0.4) is 0 Å². The Hall–Kier alpha value is -0.640. The molecule has 2 atom stereocenters. The van der Waals surface area contributed by atoms with Gasteiger partial charge in [-0.05, 0) is 29.8 Å². The van der Waals surface area contributed by atoms with E-state index in [-0.39, 0.29) is 15.4 Å². The SMILES string of the molecule is O=C(c1ccc(Cl)cc1)C(Br)C(Br)c1ccccc1. The fourth-order valence-corrected chi connectivity index (χ4v) is 2.95. The van der Waals surface area contributed by atoms with Crippen molar-refractivity contribution in [3.8, 4) is 0 Å². The molecule has 0 aliphatic heterocycles. The van der Waals surface area contributed by atoms with Crippen molar-refractivity contribution in [2.45, 2.75) is 9.65 Å². The van der Waals surface area contributed by atoms with Crippen molar-refractivity contribution in [1.29, 1.82) is 0 Å². The van der Waals surface area contributed by atoms with E-state index in [2.05, 4.69) is 31.9 Å². The molecule has 0 heterocycles. The predicted octanol–water partition coefficient (Wildman–Crippen LogP) is 5.42. The molecule has 2 aromatic carbocycles. The topological polar surface area (TPSA) is 17.1 Å². The van der Waals surface area contributed by atoms with Crippen LogP contribution >= 0.6 is 43.5 Å². The van der Waals surface area contributed by atoms with Crippen LogP contribution in [0.2, 0.25) is 5.02 Å². The summed E-state index contributed by atoms with van der Waals surface area (Å²) in [6.45, 7) is 0. The Labute approximate surface area is 134 Å². The fraction of sp³-hybridized carbons (Fsp3) is 0.133. The molecule has 4 heteroatoms. The highest BCUT2D eigenvalue weighted by Crippen LogP contribution is 2.33. The summed E-state index contributed by atoms with van der Waals surface area (Å²) >= 11 is 12.9. The van der Waals surface area contributed by atoms with E-state index >= 15 is 0 Å². The first-order valence-electron chi connectivity index (χ1n) is 5.72. The second kappa shape index (κ2) is 6.69. The van der Waals surface area contributed by atoms with Gasteiger partial charge in [0.15, 0.2) is 5.78 Å². The molecule has 0 aliphatic rings. The largest absolute Gasteiger partial charge is 0.293 e. The van der Waals surface area contributed by atoms with Crippen LogP contribution in [-0.2, 0) is 0 Å². The lowest BCUT2D eigenvalue weighted by atomic mass is 10.0. The number of Topliss-reactive ketones (excluding diaryl/α,β-unsaturated/α-hetero) is 1. The smallest absolute Gasteiger partial charge is 0.177 e. The molecule has 1 nitrogen and oxygen atoms in total. The van der Waals surface area contributed by atoms with Crippen molar-refractivity contribution in [3.05, 3.63) is 70.7 Å². The first-order valence-corrected chi connectivity index (χ1v) is 7.93. The Bertz CT molecular complexity index is 554. The number of halogens is 3. The van der Waals surface area contributed by atoms with Gasteiger partial charge in [-0.15, -0.1) is 0 Å². The minimum atomic E-state index is -0.323. The van der Waals surface area contributed by atoms with Crippen LogP contribution < -0.4 is 0 Å². The number of benzene rings is 2. The number of rotatable bonds is 4. The molecule has 0 fully saturated rings. The van der Waals surface area contributed by atoms with Gasteiger partial charge in [-0.1, -0.05) is 73.8 Å². The Morgan fingerprint density at radius 3 is 2.11 bits per heavy atom. The number of hydrogen-bond acceptors (Lipinski definition) is 1. The Kier molecular flexibility index (Phi) is 5.20. The second-order valence-corrected chi connectivity index (χ2v) is 6.49. The minimum Gasteiger partial charge on any atom is -0.293 e. The summed E-state index contributed by atoms with van der Waals surface area (Å²) in [5, 5.41) is 0.626. The van der Waals surface area contributed by atoms with Gasteiger partial charge in [-0.3, -0.25) is 4.79 Å². The zero-order chi connectivity index (χ0) is 13.8. The molecule has 98 valence electrons. The van der Waals surface area contributed by atoms with Gasteiger partial charge in [-0.2, -0.15) is 0 Å². The molecule has 0 spiro atoms. The summed E-state index contributed by atoms with van der Waals surface area (Å²) < 4.78 is 0. The quantitative estimate of drug-likeness (QED) is 0.493. The van der Waals surface area contributed by atoms with E-state index in [1.807, 2.05) is 30.3 Å². The zero-order valence-corrected chi connectivity index (χ0v) is 13.8. The van der Waals surface area contributed by atoms with Crippen molar-refractivity contribution >= 4 is 49.2 Å². The van der Waals surface area contributed by atoms with Crippen molar-refractivity contribution < 1.29 is 4.79 Å². The average Bonchev–Trinajstić information content (AvgIpc) is 2.46. The van der Waals surface area contributed by atoms with E-state index in [4.69, 9.17) is 11.6 Å². The van der Waals surface area contributed by atoms with E-state index in [9.17, 15) is 4.79 Å². The normalized spacial score (nSPS) is 13.8. The van der Waals surface area contributed by atoms with Gasteiger partial charge in [0, 0.05) is 10.6 Å². The molecule has 0 saturated carbocycles. The third-order valence-corrected chi connectivity index (χ3v) is 5.72. The van der Waals surface area contributed by atoms with Crippen LogP contribution in [0.5, 0.6) is 0 Å². The number of alkyl halides is 2. The zero-order valence-electron chi connectivity index (χ0n) is 9.89. The van der Waals surface area contributed by atoms with Gasteiger partial charge in [0.05, 0.1) is 9.65 Å². The molecule has 0 saturated heterocycles. The number of carbonyl (C=O) groups excluding carboxylic acids is 1. The fourth-order valence-electron chi connectivity index (χ4n) is 1.71. The molecule has 19 heavy (non-hydrogen) atoms. The van der Waals surface area contributed by atoms with Crippen LogP contribution in [0, 0.1) is 0 Å². The van der Waals surface area contributed by atoms with Gasteiger partial charge < -0.3 is 0 Å². The molecule has 0 bridgehead atoms. The lowest BCUT2D eigenvalue weighted by Gasteiger charge is -2.16. The van der Waals surface area contributed by atoms with E-state index in [0.717, 1.165) is 5.56 Å². The van der Waals surface area contributed by atoms with Gasteiger partial charge in [0.1, 0.15) is 0 Å². The van der Waals surface area contributed by atoms with E-state index in [1.165, 1.54) is 0 Å². The number of carbonyl (C=O) groups is 1. The van der Waals surface area contributed by atoms with Gasteiger partial charge in [-0.25, -0.2) is 0 Å². The molecule has 0 N–H and O–H groups in total. The second-order valence-electron chi connectivity index (χ2n) is 4.09. The number of hydrogen-bond donors (Lipinski definition) is 0. The third kappa shape index (κ3) is 3.68. The molecule has 0 amide bonds. The average molecular weight is 403 g/mol. The lowest BCUT2D eigenvalue weighted by Crippen LogP contribution is -2.19. The molecule has 2 aromatic rings. The molecule has 0 aromatic heterocycles. The highest BCUT2D eigenvalue weighted by Gasteiger charge is 2.25. The van der Waals surface area contributed by atoms with Gasteiger partial charge >= 0.3 is 0 Å². The maximum atomic E-state index is 12.4. The first-order chi connectivity index (χ1) is 9.09. The predicted molar refractivity (Wildman–Crippen MR) is 86.6 cm³/mol. The summed E-state index contributed by atoms with van der Waals surface area (Å²) in [6, 6.07) is 16.8. The van der Waals surface area contributed by atoms with E-state index < -0.39 is 0 Å². The van der Waals surface area contributed by atoms with Crippen molar-refractivity contribution in [2.75, 3.05) is 0 Å². The Morgan fingerprint density at radius 2 is 1.53 bits per heavy atom. The highest BCUT2D eigenvalue weighted by atomic mass is 79.9. The Balaban J connectivity index is 2.17. The summed E-state index contributed by atoms with van der Waals surface area (Å²) in [5.41, 5.74) is 1.71. The molecule has 2 unspecified atom stereocenters. The van der Waals surface area contributed by atoms with Gasteiger partial charge in [0.2, 0.25) is 0 Å². The van der Waals surface area contributed by atoms with Crippen LogP contribution in [-0.4, -0.2) is 10.6 Å². The summed E-state index contributed by atoms with van der Waals surface area (Å²) in [4.78, 5) is 12.0. The molecule has 2 rings (SSSR count). The van der Waals surface area contributed by atoms with Crippen molar-refractivity contribution in [2.24, 2.45) is 0 Å². The van der Waals surface area contributed by atoms with E-state index in [0.29, 0.717) is 10.6 Å². The summed E-state index contributed by atoms with van der Waals surface area (Å²) in [5.74, 6) is 0.0300. The Morgan fingerprint density at radius 1 is 0.947 bits per heavy atom. The first kappa shape index (κ1) is 14.8. The molecular formula is C15H11Br2ClO. The van der Waals surface area contributed by atoms with E-state index in [1.54, 1.807) is 24.3 Å². The van der Waals surface area contributed by atoms with Crippen molar-refractivity contribution in [3.63, 3.8) is 0 Å². The highest BCUT2D eigenvalue weighted by molar-refractivity contribution is 9.12.